The van der Waals surface area contributed by atoms with Crippen LogP contribution in [0.1, 0.15) is 29.6 Å². The zero-order chi connectivity index (χ0) is 14.1. The maximum atomic E-state index is 12.3. The number of nitrogens with one attached hydrogen (secondary N) is 1. The van der Waals surface area contributed by atoms with Gasteiger partial charge in [0, 0.05) is 24.9 Å². The number of carbonyl (C=O) groups is 2. The Morgan fingerprint density at radius 3 is 2.75 bits per heavy atom. The minimum absolute atomic E-state index is 0.0570. The van der Waals surface area contributed by atoms with E-state index < -0.39 is 0 Å². The Balaban J connectivity index is 1.87. The van der Waals surface area contributed by atoms with Gasteiger partial charge in [-0.3, -0.25) is 9.59 Å². The highest BCUT2D eigenvalue weighted by Gasteiger charge is 2.32. The number of anilines is 1. The Bertz CT molecular complexity index is 563. The summed E-state index contributed by atoms with van der Waals surface area (Å²) in [5.74, 6) is 0.140. The third-order valence-electron chi connectivity index (χ3n) is 3.84. The third kappa shape index (κ3) is 2.46. The summed E-state index contributed by atoms with van der Waals surface area (Å²) in [6, 6.07) is 7.62. The summed E-state index contributed by atoms with van der Waals surface area (Å²) in [7, 11) is 0. The predicted octanol–water partition coefficient (Wildman–Crippen LogP) is 2.12. The van der Waals surface area contributed by atoms with Crippen molar-refractivity contribution in [2.75, 3.05) is 11.4 Å². The molecule has 0 aromatic heterocycles. The molecule has 0 spiro atoms. The summed E-state index contributed by atoms with van der Waals surface area (Å²) in [5.41, 5.74) is 1.29. The molecule has 3 rings (SSSR count). The standard InChI is InChI=1S/C16H18N2O2/c1-2-11-9-15(19)18(10-11)14-6-4-3-5-13(14)16(20)17-12-7-8-12/h2-6,11-12H,1,7-10H2,(H,17,20). The number of amides is 2. The molecule has 20 heavy (non-hydrogen) atoms. The van der Waals surface area contributed by atoms with E-state index in [9.17, 15) is 9.59 Å². The molecule has 1 saturated heterocycles. The quantitative estimate of drug-likeness (QED) is 0.852. The lowest BCUT2D eigenvalue weighted by Gasteiger charge is -2.19. The van der Waals surface area contributed by atoms with E-state index in [2.05, 4.69) is 11.9 Å². The van der Waals surface area contributed by atoms with Crippen molar-refractivity contribution in [2.45, 2.75) is 25.3 Å². The fourth-order valence-electron chi connectivity index (χ4n) is 2.52. The molecule has 4 nitrogen and oxygen atoms in total. The van der Waals surface area contributed by atoms with Crippen molar-refractivity contribution in [3.05, 3.63) is 42.5 Å². The van der Waals surface area contributed by atoms with Crippen molar-refractivity contribution < 1.29 is 9.59 Å². The average molecular weight is 270 g/mol. The number of hydrogen-bond acceptors (Lipinski definition) is 2. The highest BCUT2D eigenvalue weighted by atomic mass is 16.2. The smallest absolute Gasteiger partial charge is 0.253 e. The largest absolute Gasteiger partial charge is 0.349 e. The first-order valence-electron chi connectivity index (χ1n) is 7.02. The number of nitrogens with zero attached hydrogens (tertiary/aromatic N) is 1. The minimum Gasteiger partial charge on any atom is -0.349 e. The van der Waals surface area contributed by atoms with Crippen LogP contribution < -0.4 is 10.2 Å². The van der Waals surface area contributed by atoms with E-state index in [1.807, 2.05) is 24.3 Å². The maximum Gasteiger partial charge on any atom is 0.253 e. The Morgan fingerprint density at radius 2 is 2.10 bits per heavy atom. The molecular formula is C16H18N2O2. The van der Waals surface area contributed by atoms with Crippen LogP contribution >= 0.6 is 0 Å². The molecule has 0 bridgehead atoms. The van der Waals surface area contributed by atoms with E-state index >= 15 is 0 Å². The lowest BCUT2D eigenvalue weighted by molar-refractivity contribution is -0.117. The van der Waals surface area contributed by atoms with Crippen LogP contribution in [0.2, 0.25) is 0 Å². The highest BCUT2D eigenvalue weighted by molar-refractivity contribution is 6.05. The Labute approximate surface area is 118 Å². The fraction of sp³-hybridized carbons (Fsp3) is 0.375. The first kappa shape index (κ1) is 12.9. The van der Waals surface area contributed by atoms with Crippen LogP contribution in [0.4, 0.5) is 5.69 Å². The minimum atomic E-state index is -0.0852. The van der Waals surface area contributed by atoms with Gasteiger partial charge < -0.3 is 10.2 Å². The van der Waals surface area contributed by atoms with E-state index in [1.54, 1.807) is 11.0 Å². The molecule has 1 aliphatic heterocycles. The molecular weight excluding hydrogens is 252 g/mol. The summed E-state index contributed by atoms with van der Waals surface area (Å²) >= 11 is 0. The van der Waals surface area contributed by atoms with Gasteiger partial charge in [0.1, 0.15) is 0 Å². The van der Waals surface area contributed by atoms with Gasteiger partial charge in [-0.1, -0.05) is 18.2 Å². The molecule has 1 aromatic carbocycles. The van der Waals surface area contributed by atoms with E-state index in [0.717, 1.165) is 12.8 Å². The number of hydrogen-bond donors (Lipinski definition) is 1. The summed E-state index contributed by atoms with van der Waals surface area (Å²) in [5, 5.41) is 2.98. The second-order valence-electron chi connectivity index (χ2n) is 5.47. The van der Waals surface area contributed by atoms with Gasteiger partial charge in [-0.05, 0) is 25.0 Å². The van der Waals surface area contributed by atoms with Crippen molar-refractivity contribution in [1.82, 2.24) is 5.32 Å². The molecule has 1 aromatic rings. The normalized spacial score (nSPS) is 21.9. The van der Waals surface area contributed by atoms with E-state index in [-0.39, 0.29) is 17.7 Å². The number of benzene rings is 1. The second-order valence-corrected chi connectivity index (χ2v) is 5.47. The van der Waals surface area contributed by atoms with Crippen LogP contribution in [0.25, 0.3) is 0 Å². The molecule has 1 N–H and O–H groups in total. The van der Waals surface area contributed by atoms with Gasteiger partial charge in [-0.2, -0.15) is 0 Å². The maximum absolute atomic E-state index is 12.3. The van der Waals surface area contributed by atoms with E-state index in [4.69, 9.17) is 0 Å². The van der Waals surface area contributed by atoms with Crippen molar-refractivity contribution in [1.29, 1.82) is 0 Å². The van der Waals surface area contributed by atoms with Gasteiger partial charge in [-0.15, -0.1) is 6.58 Å². The highest BCUT2D eigenvalue weighted by Crippen LogP contribution is 2.29. The van der Waals surface area contributed by atoms with Gasteiger partial charge in [0.05, 0.1) is 11.3 Å². The van der Waals surface area contributed by atoms with Crippen LogP contribution in [0.15, 0.2) is 36.9 Å². The molecule has 0 radical (unpaired) electrons. The molecule has 1 heterocycles. The van der Waals surface area contributed by atoms with Gasteiger partial charge in [0.2, 0.25) is 5.91 Å². The Morgan fingerprint density at radius 1 is 1.35 bits per heavy atom. The molecule has 1 atom stereocenters. The van der Waals surface area contributed by atoms with Crippen molar-refractivity contribution in [3.8, 4) is 0 Å². The van der Waals surface area contributed by atoms with Gasteiger partial charge in [0.15, 0.2) is 0 Å². The third-order valence-corrected chi connectivity index (χ3v) is 3.84. The number of carbonyl (C=O) groups excluding carboxylic acids is 2. The first-order valence-corrected chi connectivity index (χ1v) is 7.02. The molecule has 1 aliphatic carbocycles. The topological polar surface area (TPSA) is 49.4 Å². The van der Waals surface area contributed by atoms with E-state index in [0.29, 0.717) is 30.3 Å². The fourth-order valence-corrected chi connectivity index (χ4v) is 2.52. The zero-order valence-electron chi connectivity index (χ0n) is 11.3. The average Bonchev–Trinajstić information content (AvgIpc) is 3.19. The molecule has 2 amide bonds. The molecule has 104 valence electrons. The van der Waals surface area contributed by atoms with Crippen LogP contribution in [0.3, 0.4) is 0 Å². The molecule has 1 unspecified atom stereocenters. The molecule has 2 aliphatic rings. The molecule has 1 saturated carbocycles. The Hall–Kier alpha value is -2.10. The number of para-hydroxylation sites is 1. The second kappa shape index (κ2) is 5.12. The monoisotopic (exact) mass is 270 g/mol. The van der Waals surface area contributed by atoms with Gasteiger partial charge >= 0.3 is 0 Å². The number of rotatable bonds is 4. The molecule has 2 fully saturated rings. The SMILES string of the molecule is C=CC1CC(=O)N(c2ccccc2C(=O)NC2CC2)C1. The predicted molar refractivity (Wildman–Crippen MR) is 77.6 cm³/mol. The van der Waals surface area contributed by atoms with Crippen LogP contribution in [-0.4, -0.2) is 24.4 Å². The lowest BCUT2D eigenvalue weighted by atomic mass is 10.1. The summed E-state index contributed by atoms with van der Waals surface area (Å²) in [4.78, 5) is 26.1. The van der Waals surface area contributed by atoms with E-state index in [1.165, 1.54) is 0 Å². The van der Waals surface area contributed by atoms with Crippen molar-refractivity contribution in [2.24, 2.45) is 5.92 Å². The van der Waals surface area contributed by atoms with Gasteiger partial charge in [0.25, 0.3) is 5.91 Å². The van der Waals surface area contributed by atoms with Crippen molar-refractivity contribution in [3.63, 3.8) is 0 Å². The summed E-state index contributed by atoms with van der Waals surface area (Å²) in [6.45, 7) is 4.36. The van der Waals surface area contributed by atoms with Gasteiger partial charge in [-0.25, -0.2) is 0 Å². The first-order chi connectivity index (χ1) is 9.69. The van der Waals surface area contributed by atoms with Crippen molar-refractivity contribution >= 4 is 17.5 Å². The molecule has 4 heteroatoms. The summed E-state index contributed by atoms with van der Waals surface area (Å²) in [6.07, 6.45) is 4.39. The van der Waals surface area contributed by atoms with Crippen LogP contribution in [0.5, 0.6) is 0 Å². The zero-order valence-corrected chi connectivity index (χ0v) is 11.3. The lowest BCUT2D eigenvalue weighted by Crippen LogP contribution is -2.30. The summed E-state index contributed by atoms with van der Waals surface area (Å²) < 4.78 is 0. The Kier molecular flexibility index (Phi) is 3.30. The van der Waals surface area contributed by atoms with Crippen LogP contribution in [-0.2, 0) is 4.79 Å². The van der Waals surface area contributed by atoms with Crippen LogP contribution in [0, 0.1) is 5.92 Å².